The Labute approximate surface area is 124 Å². The van der Waals surface area contributed by atoms with Gasteiger partial charge < -0.3 is 10.1 Å². The summed E-state index contributed by atoms with van der Waals surface area (Å²) >= 11 is 0. The summed E-state index contributed by atoms with van der Waals surface area (Å²) in [5.41, 5.74) is 1.63. The number of nitrogens with one attached hydrogen (secondary N) is 1. The summed E-state index contributed by atoms with van der Waals surface area (Å²) < 4.78 is 5.81. The van der Waals surface area contributed by atoms with Crippen LogP contribution in [0.15, 0.2) is 30.3 Å². The summed E-state index contributed by atoms with van der Waals surface area (Å²) in [7, 11) is 0. The first-order chi connectivity index (χ1) is 9.79. The molecule has 0 aliphatic rings. The highest BCUT2D eigenvalue weighted by molar-refractivity contribution is 5.26. The van der Waals surface area contributed by atoms with Gasteiger partial charge >= 0.3 is 0 Å². The Hall–Kier alpha value is -0.860. The zero-order valence-electron chi connectivity index (χ0n) is 13.5. The van der Waals surface area contributed by atoms with Crippen molar-refractivity contribution >= 4 is 0 Å². The molecule has 1 rings (SSSR count). The fourth-order valence-electron chi connectivity index (χ4n) is 2.61. The van der Waals surface area contributed by atoms with E-state index >= 15 is 0 Å². The highest BCUT2D eigenvalue weighted by Crippen LogP contribution is 2.31. The molecule has 2 heteroatoms. The van der Waals surface area contributed by atoms with Gasteiger partial charge in [0.05, 0.1) is 0 Å². The van der Waals surface area contributed by atoms with Crippen molar-refractivity contribution in [3.05, 3.63) is 35.9 Å². The van der Waals surface area contributed by atoms with E-state index in [1.54, 1.807) is 0 Å². The molecule has 2 nitrogen and oxygen atoms in total. The predicted molar refractivity (Wildman–Crippen MR) is 87.3 cm³/mol. The van der Waals surface area contributed by atoms with E-state index in [0.717, 1.165) is 45.6 Å². The van der Waals surface area contributed by atoms with Crippen molar-refractivity contribution in [2.24, 2.45) is 0 Å². The molecule has 1 aromatic rings. The average molecular weight is 277 g/mol. The third-order valence-electron chi connectivity index (χ3n) is 4.14. The molecule has 0 heterocycles. The first-order valence-electron chi connectivity index (χ1n) is 8.13. The number of unbranched alkanes of at least 4 members (excludes halogenated alkanes) is 1. The Kier molecular flexibility index (Phi) is 8.56. The topological polar surface area (TPSA) is 21.3 Å². The molecule has 0 amide bonds. The summed E-state index contributed by atoms with van der Waals surface area (Å²) in [5.74, 6) is 0. The predicted octanol–water partition coefficient (Wildman–Crippen LogP) is 4.15. The van der Waals surface area contributed by atoms with Crippen molar-refractivity contribution in [1.82, 2.24) is 5.32 Å². The molecule has 0 aromatic heterocycles. The van der Waals surface area contributed by atoms with Gasteiger partial charge in [-0.2, -0.15) is 0 Å². The quantitative estimate of drug-likeness (QED) is 0.613. The molecule has 0 fully saturated rings. The first-order valence-corrected chi connectivity index (χ1v) is 8.13. The maximum Gasteiger partial charge on any atom is 0.0475 e. The van der Waals surface area contributed by atoms with E-state index < -0.39 is 0 Å². The Balaban J connectivity index is 2.67. The van der Waals surface area contributed by atoms with E-state index in [9.17, 15) is 0 Å². The zero-order valence-corrected chi connectivity index (χ0v) is 13.5. The number of ether oxygens (including phenoxy) is 1. The first kappa shape index (κ1) is 17.2. The van der Waals surface area contributed by atoms with Gasteiger partial charge in [0.25, 0.3) is 0 Å². The number of hydrogen-bond donors (Lipinski definition) is 1. The van der Waals surface area contributed by atoms with Crippen LogP contribution in [0.2, 0.25) is 0 Å². The Morgan fingerprint density at radius 3 is 2.40 bits per heavy atom. The van der Waals surface area contributed by atoms with E-state index in [0.29, 0.717) is 0 Å². The van der Waals surface area contributed by atoms with Crippen LogP contribution in [-0.4, -0.2) is 26.3 Å². The van der Waals surface area contributed by atoms with E-state index in [1.807, 2.05) is 0 Å². The van der Waals surface area contributed by atoms with Crippen LogP contribution in [0.25, 0.3) is 0 Å². The fourth-order valence-corrected chi connectivity index (χ4v) is 2.61. The third kappa shape index (κ3) is 5.26. The van der Waals surface area contributed by atoms with Crippen molar-refractivity contribution in [3.8, 4) is 0 Å². The smallest absolute Gasteiger partial charge is 0.0475 e. The average Bonchev–Trinajstić information content (AvgIpc) is 2.51. The van der Waals surface area contributed by atoms with Gasteiger partial charge in [-0.1, -0.05) is 57.5 Å². The van der Waals surface area contributed by atoms with E-state index in [-0.39, 0.29) is 5.41 Å². The lowest BCUT2D eigenvalue weighted by atomic mass is 9.75. The number of likely N-dealkylation sites (N-methyl/N-ethyl adjacent to an activating group) is 1. The standard InChI is InChI=1S/C18H31NO/c1-4-7-14-20-15-13-18(5-2,16-19-6-3)17-11-9-8-10-12-17/h8-12,19H,4-7,13-16H2,1-3H3. The molecule has 0 saturated heterocycles. The van der Waals surface area contributed by atoms with Gasteiger partial charge in [0, 0.05) is 25.2 Å². The molecule has 0 spiro atoms. The van der Waals surface area contributed by atoms with Crippen LogP contribution >= 0.6 is 0 Å². The zero-order chi connectivity index (χ0) is 14.7. The minimum atomic E-state index is 0.198. The highest BCUT2D eigenvalue weighted by atomic mass is 16.5. The lowest BCUT2D eigenvalue weighted by Crippen LogP contribution is -2.39. The van der Waals surface area contributed by atoms with Crippen LogP contribution in [-0.2, 0) is 10.2 Å². The van der Waals surface area contributed by atoms with Gasteiger partial charge in [0.1, 0.15) is 0 Å². The summed E-state index contributed by atoms with van der Waals surface area (Å²) in [4.78, 5) is 0. The van der Waals surface area contributed by atoms with Crippen LogP contribution in [0, 0.1) is 0 Å². The molecule has 0 bridgehead atoms. The second-order valence-corrected chi connectivity index (χ2v) is 5.50. The van der Waals surface area contributed by atoms with Crippen molar-refractivity contribution in [2.75, 3.05) is 26.3 Å². The molecule has 1 aromatic carbocycles. The molecular formula is C18H31NO. The molecule has 0 aliphatic carbocycles. The Bertz CT molecular complexity index is 339. The van der Waals surface area contributed by atoms with Gasteiger partial charge in [0.15, 0.2) is 0 Å². The van der Waals surface area contributed by atoms with Crippen molar-refractivity contribution < 1.29 is 4.74 Å². The highest BCUT2D eigenvalue weighted by Gasteiger charge is 2.29. The van der Waals surface area contributed by atoms with Crippen LogP contribution in [0.4, 0.5) is 0 Å². The molecule has 0 radical (unpaired) electrons. The monoisotopic (exact) mass is 277 g/mol. The summed E-state index contributed by atoms with van der Waals surface area (Å²) in [6.45, 7) is 10.5. The van der Waals surface area contributed by atoms with E-state index in [4.69, 9.17) is 4.74 Å². The van der Waals surface area contributed by atoms with Crippen LogP contribution in [0.5, 0.6) is 0 Å². The largest absolute Gasteiger partial charge is 0.381 e. The number of benzene rings is 1. The van der Waals surface area contributed by atoms with Gasteiger partial charge in [0.2, 0.25) is 0 Å². The maximum atomic E-state index is 5.81. The van der Waals surface area contributed by atoms with E-state index in [2.05, 4.69) is 56.4 Å². The molecule has 114 valence electrons. The third-order valence-corrected chi connectivity index (χ3v) is 4.14. The minimum Gasteiger partial charge on any atom is -0.381 e. The normalized spacial score (nSPS) is 14.2. The molecular weight excluding hydrogens is 246 g/mol. The second-order valence-electron chi connectivity index (χ2n) is 5.50. The van der Waals surface area contributed by atoms with Crippen LogP contribution in [0.3, 0.4) is 0 Å². The van der Waals surface area contributed by atoms with Crippen molar-refractivity contribution in [2.45, 2.75) is 51.9 Å². The number of rotatable bonds is 11. The number of hydrogen-bond acceptors (Lipinski definition) is 2. The van der Waals surface area contributed by atoms with Gasteiger partial charge in [-0.25, -0.2) is 0 Å². The molecule has 1 atom stereocenters. The summed E-state index contributed by atoms with van der Waals surface area (Å²) in [5, 5.41) is 3.54. The Morgan fingerprint density at radius 2 is 1.80 bits per heavy atom. The molecule has 0 saturated carbocycles. The lowest BCUT2D eigenvalue weighted by molar-refractivity contribution is 0.109. The lowest BCUT2D eigenvalue weighted by Gasteiger charge is -2.34. The van der Waals surface area contributed by atoms with Gasteiger partial charge in [-0.3, -0.25) is 0 Å². The molecule has 0 aliphatic heterocycles. The van der Waals surface area contributed by atoms with Crippen LogP contribution in [0.1, 0.15) is 52.0 Å². The second kappa shape index (κ2) is 9.95. The SMILES string of the molecule is CCCCOCCC(CC)(CNCC)c1ccccc1. The van der Waals surface area contributed by atoms with Crippen LogP contribution < -0.4 is 5.32 Å². The van der Waals surface area contributed by atoms with E-state index in [1.165, 1.54) is 12.0 Å². The minimum absolute atomic E-state index is 0.198. The van der Waals surface area contributed by atoms with Gasteiger partial charge in [-0.15, -0.1) is 0 Å². The molecule has 20 heavy (non-hydrogen) atoms. The van der Waals surface area contributed by atoms with Gasteiger partial charge in [-0.05, 0) is 31.4 Å². The fraction of sp³-hybridized carbons (Fsp3) is 0.667. The molecule has 1 N–H and O–H groups in total. The maximum absolute atomic E-state index is 5.81. The molecule has 1 unspecified atom stereocenters. The van der Waals surface area contributed by atoms with Crippen molar-refractivity contribution in [1.29, 1.82) is 0 Å². The summed E-state index contributed by atoms with van der Waals surface area (Å²) in [6.07, 6.45) is 4.60. The van der Waals surface area contributed by atoms with Crippen molar-refractivity contribution in [3.63, 3.8) is 0 Å². The Morgan fingerprint density at radius 1 is 1.05 bits per heavy atom. The summed E-state index contributed by atoms with van der Waals surface area (Å²) in [6, 6.07) is 10.9.